The Morgan fingerprint density at radius 2 is 1.70 bits per heavy atom. The first kappa shape index (κ1) is 13.6. The number of nitrogens with one attached hydrogen (secondary N) is 1. The summed E-state index contributed by atoms with van der Waals surface area (Å²) in [6.45, 7) is 4.91. The molecule has 0 spiro atoms. The maximum Gasteiger partial charge on any atom is 0.238 e. The number of carbonyl (C=O) groups is 1. The fourth-order valence-electron chi connectivity index (χ4n) is 3.60. The highest BCUT2D eigenvalue weighted by molar-refractivity contribution is 5.92. The van der Waals surface area contributed by atoms with Crippen molar-refractivity contribution in [3.05, 3.63) is 29.8 Å². The van der Waals surface area contributed by atoms with E-state index in [1.807, 2.05) is 12.1 Å². The second-order valence-corrected chi connectivity index (χ2v) is 6.46. The molecule has 0 atom stereocenters. The van der Waals surface area contributed by atoms with Crippen LogP contribution in [0.3, 0.4) is 0 Å². The van der Waals surface area contributed by atoms with Crippen molar-refractivity contribution < 1.29 is 4.79 Å². The summed E-state index contributed by atoms with van der Waals surface area (Å²) in [5.41, 5.74) is 2.21. The van der Waals surface area contributed by atoms with Gasteiger partial charge in [0.15, 0.2) is 0 Å². The summed E-state index contributed by atoms with van der Waals surface area (Å²) in [7, 11) is 0. The molecule has 2 saturated heterocycles. The maximum absolute atomic E-state index is 12.2. The Morgan fingerprint density at radius 3 is 2.20 bits per heavy atom. The van der Waals surface area contributed by atoms with Crippen molar-refractivity contribution in [1.29, 1.82) is 0 Å². The van der Waals surface area contributed by atoms with Gasteiger partial charge in [0.25, 0.3) is 0 Å². The van der Waals surface area contributed by atoms with E-state index in [1.165, 1.54) is 31.2 Å². The lowest BCUT2D eigenvalue weighted by atomic mass is 10.0. The van der Waals surface area contributed by atoms with E-state index >= 15 is 0 Å². The Bertz CT molecular complexity index is 460. The number of hydrogen-bond acceptors (Lipinski definition) is 2. The molecule has 1 amide bonds. The zero-order valence-electron chi connectivity index (χ0n) is 12.4. The first-order valence-electron chi connectivity index (χ1n) is 7.79. The van der Waals surface area contributed by atoms with Gasteiger partial charge in [0.1, 0.15) is 0 Å². The van der Waals surface area contributed by atoms with E-state index in [2.05, 4.69) is 36.2 Å². The summed E-state index contributed by atoms with van der Waals surface area (Å²) < 4.78 is 0. The van der Waals surface area contributed by atoms with Crippen LogP contribution in [0.5, 0.6) is 0 Å². The minimum Gasteiger partial charge on any atom is -0.325 e. The van der Waals surface area contributed by atoms with Crippen molar-refractivity contribution in [3.8, 4) is 0 Å². The molecule has 0 saturated carbocycles. The molecule has 0 aromatic heterocycles. The molecular weight excluding hydrogens is 248 g/mol. The number of amides is 1. The van der Waals surface area contributed by atoms with E-state index in [0.29, 0.717) is 24.5 Å². The molecule has 3 rings (SSSR count). The molecular formula is C17H24N2O. The van der Waals surface area contributed by atoms with Gasteiger partial charge >= 0.3 is 0 Å². The van der Waals surface area contributed by atoms with E-state index < -0.39 is 0 Å². The Morgan fingerprint density at radius 1 is 1.15 bits per heavy atom. The largest absolute Gasteiger partial charge is 0.325 e. The van der Waals surface area contributed by atoms with Gasteiger partial charge in [-0.15, -0.1) is 0 Å². The van der Waals surface area contributed by atoms with Crippen LogP contribution in [0.15, 0.2) is 24.3 Å². The Hall–Kier alpha value is -1.35. The summed E-state index contributed by atoms with van der Waals surface area (Å²) in [5, 5.41) is 3.02. The minimum absolute atomic E-state index is 0.126. The van der Waals surface area contributed by atoms with Gasteiger partial charge < -0.3 is 5.32 Å². The Balaban J connectivity index is 1.56. The number of nitrogens with zero attached hydrogens (tertiary/aromatic N) is 1. The van der Waals surface area contributed by atoms with Gasteiger partial charge in [-0.2, -0.15) is 0 Å². The van der Waals surface area contributed by atoms with Gasteiger partial charge in [-0.25, -0.2) is 0 Å². The zero-order chi connectivity index (χ0) is 14.1. The summed E-state index contributed by atoms with van der Waals surface area (Å²) >= 11 is 0. The summed E-state index contributed by atoms with van der Waals surface area (Å²) in [6, 6.07) is 9.53. The molecule has 2 aliphatic rings. The molecule has 2 bridgehead atoms. The predicted octanol–water partition coefficient (Wildman–Crippen LogP) is 3.38. The fourth-order valence-corrected chi connectivity index (χ4v) is 3.60. The molecule has 2 heterocycles. The molecule has 1 aromatic rings. The lowest BCUT2D eigenvalue weighted by Crippen LogP contribution is -2.36. The van der Waals surface area contributed by atoms with Gasteiger partial charge in [0.2, 0.25) is 5.91 Å². The molecule has 108 valence electrons. The number of anilines is 1. The Labute approximate surface area is 121 Å². The third-order valence-corrected chi connectivity index (χ3v) is 4.79. The molecule has 0 unspecified atom stereocenters. The number of fused-ring (bicyclic) bond motifs is 2. The van der Waals surface area contributed by atoms with Crippen LogP contribution in [0.4, 0.5) is 5.69 Å². The first-order valence-corrected chi connectivity index (χ1v) is 7.79. The quantitative estimate of drug-likeness (QED) is 0.911. The molecule has 2 aliphatic heterocycles. The maximum atomic E-state index is 12.2. The normalized spacial score (nSPS) is 25.4. The average Bonchev–Trinajstić information content (AvgIpc) is 2.99. The van der Waals surface area contributed by atoms with Gasteiger partial charge in [-0.1, -0.05) is 26.0 Å². The van der Waals surface area contributed by atoms with Crippen LogP contribution in [0.2, 0.25) is 0 Å². The van der Waals surface area contributed by atoms with Gasteiger partial charge in [-0.3, -0.25) is 9.69 Å². The van der Waals surface area contributed by atoms with Gasteiger partial charge in [-0.05, 0) is 49.3 Å². The van der Waals surface area contributed by atoms with Crippen molar-refractivity contribution in [2.45, 2.75) is 57.5 Å². The van der Waals surface area contributed by atoms with Crippen LogP contribution < -0.4 is 5.32 Å². The smallest absolute Gasteiger partial charge is 0.238 e. The van der Waals surface area contributed by atoms with Crippen LogP contribution >= 0.6 is 0 Å². The first-order chi connectivity index (χ1) is 9.63. The van der Waals surface area contributed by atoms with E-state index in [-0.39, 0.29) is 5.91 Å². The third kappa shape index (κ3) is 2.73. The van der Waals surface area contributed by atoms with Crippen LogP contribution in [-0.4, -0.2) is 29.4 Å². The van der Waals surface area contributed by atoms with E-state index in [9.17, 15) is 4.79 Å². The number of benzene rings is 1. The molecule has 2 fully saturated rings. The minimum atomic E-state index is 0.126. The van der Waals surface area contributed by atoms with Crippen molar-refractivity contribution in [1.82, 2.24) is 4.90 Å². The summed E-state index contributed by atoms with van der Waals surface area (Å²) in [4.78, 5) is 14.6. The number of carbonyl (C=O) groups excluding carboxylic acids is 1. The van der Waals surface area contributed by atoms with Crippen LogP contribution in [-0.2, 0) is 4.79 Å². The number of hydrogen-bond donors (Lipinski definition) is 1. The highest BCUT2D eigenvalue weighted by Crippen LogP contribution is 2.36. The predicted molar refractivity (Wildman–Crippen MR) is 81.9 cm³/mol. The van der Waals surface area contributed by atoms with E-state index in [0.717, 1.165) is 5.69 Å². The summed E-state index contributed by atoms with van der Waals surface area (Å²) in [5.74, 6) is 0.654. The average molecular weight is 272 g/mol. The van der Waals surface area contributed by atoms with Crippen LogP contribution in [0.25, 0.3) is 0 Å². The molecule has 0 aliphatic carbocycles. The molecule has 3 heteroatoms. The monoisotopic (exact) mass is 272 g/mol. The summed E-state index contributed by atoms with van der Waals surface area (Å²) in [6.07, 6.45) is 5.12. The molecule has 20 heavy (non-hydrogen) atoms. The third-order valence-electron chi connectivity index (χ3n) is 4.79. The van der Waals surface area contributed by atoms with E-state index in [4.69, 9.17) is 0 Å². The van der Waals surface area contributed by atoms with Crippen LogP contribution in [0, 0.1) is 0 Å². The van der Waals surface area contributed by atoms with Gasteiger partial charge in [0, 0.05) is 17.8 Å². The fraction of sp³-hybridized carbons (Fsp3) is 0.588. The Kier molecular flexibility index (Phi) is 3.79. The van der Waals surface area contributed by atoms with E-state index in [1.54, 1.807) is 0 Å². The lowest BCUT2D eigenvalue weighted by molar-refractivity contribution is -0.117. The van der Waals surface area contributed by atoms with Crippen molar-refractivity contribution in [2.24, 2.45) is 0 Å². The van der Waals surface area contributed by atoms with Crippen LogP contribution in [0.1, 0.15) is 51.0 Å². The number of rotatable bonds is 4. The standard InChI is InChI=1S/C17H24N2O/c1-12(2)13-3-5-14(6-4-13)18-17(20)11-19-15-7-8-16(19)10-9-15/h3-6,12,15-16H,7-11H2,1-2H3,(H,18,20). The highest BCUT2D eigenvalue weighted by Gasteiger charge is 2.39. The van der Waals surface area contributed by atoms with Crippen molar-refractivity contribution in [3.63, 3.8) is 0 Å². The highest BCUT2D eigenvalue weighted by atomic mass is 16.2. The van der Waals surface area contributed by atoms with Crippen molar-refractivity contribution >= 4 is 11.6 Å². The van der Waals surface area contributed by atoms with Gasteiger partial charge in [0.05, 0.1) is 6.54 Å². The topological polar surface area (TPSA) is 32.3 Å². The lowest BCUT2D eigenvalue weighted by Gasteiger charge is -2.20. The molecule has 1 N–H and O–H groups in total. The SMILES string of the molecule is CC(C)c1ccc(NC(=O)CN2C3CCC2CC3)cc1. The van der Waals surface area contributed by atoms with Crippen molar-refractivity contribution in [2.75, 3.05) is 11.9 Å². The zero-order valence-corrected chi connectivity index (χ0v) is 12.4. The molecule has 0 radical (unpaired) electrons. The molecule has 3 nitrogen and oxygen atoms in total. The second kappa shape index (κ2) is 5.57. The second-order valence-electron chi connectivity index (χ2n) is 6.46. The molecule has 1 aromatic carbocycles.